The number of nitrogens with two attached hydrogens (primary N) is 2. The van der Waals surface area contributed by atoms with E-state index in [-0.39, 0.29) is 12.8 Å². The number of amides is 5. The van der Waals surface area contributed by atoms with Crippen LogP contribution in [0.1, 0.15) is 30.4 Å². The van der Waals surface area contributed by atoms with Gasteiger partial charge in [-0.2, -0.15) is 5.10 Å². The fourth-order valence-electron chi connectivity index (χ4n) is 4.33. The van der Waals surface area contributed by atoms with E-state index in [0.717, 1.165) is 17.3 Å². The van der Waals surface area contributed by atoms with E-state index in [1.165, 1.54) is 4.90 Å². The molecule has 0 saturated heterocycles. The van der Waals surface area contributed by atoms with E-state index >= 15 is 0 Å². The summed E-state index contributed by atoms with van der Waals surface area (Å²) in [6.45, 7) is 0. The first-order valence-electron chi connectivity index (χ1n) is 11.3. The number of anilines is 1. The second kappa shape index (κ2) is 11.5. The molecule has 0 bridgehead atoms. The van der Waals surface area contributed by atoms with Gasteiger partial charge in [0.05, 0.1) is 30.6 Å². The Morgan fingerprint density at radius 3 is 2.46 bits per heavy atom. The molecule has 5 amide bonds. The summed E-state index contributed by atoms with van der Waals surface area (Å²) in [5, 5.41) is 26.6. The molecular formula is C22H27N7O8. The molecule has 0 aromatic heterocycles. The molecule has 2 aliphatic rings. The maximum Gasteiger partial charge on any atom is 0.332 e. The Hall–Kier alpha value is -4.53. The molecule has 1 aromatic carbocycles. The number of benzene rings is 1. The fraction of sp³-hybridized carbons (Fsp3) is 0.409. The van der Waals surface area contributed by atoms with Crippen LogP contribution in [-0.4, -0.2) is 76.3 Å². The average Bonchev–Trinajstić information content (AvgIpc) is 3.14. The number of carbonyl (C=O) groups is 6. The first-order valence-corrected chi connectivity index (χ1v) is 11.3. The first kappa shape index (κ1) is 27.1. The van der Waals surface area contributed by atoms with Gasteiger partial charge in [0.2, 0.25) is 17.7 Å². The predicted molar refractivity (Wildman–Crippen MR) is 127 cm³/mol. The molecule has 3 rings (SSSR count). The molecular weight excluding hydrogens is 490 g/mol. The van der Waals surface area contributed by atoms with E-state index in [2.05, 4.69) is 15.7 Å². The molecule has 0 saturated carbocycles. The second-order valence-electron chi connectivity index (χ2n) is 8.62. The molecule has 37 heavy (non-hydrogen) atoms. The quantitative estimate of drug-likeness (QED) is 0.131. The normalized spacial score (nSPS) is 19.9. The van der Waals surface area contributed by atoms with Crippen molar-refractivity contribution in [3.8, 4) is 0 Å². The number of primary amides is 1. The number of carbonyl (C=O) groups excluding carboxylic acids is 4. The van der Waals surface area contributed by atoms with Crippen LogP contribution in [-0.2, 0) is 36.8 Å². The van der Waals surface area contributed by atoms with Crippen LogP contribution < -0.4 is 32.4 Å². The lowest BCUT2D eigenvalue weighted by Crippen LogP contribution is -2.57. The van der Waals surface area contributed by atoms with E-state index in [1.54, 1.807) is 18.2 Å². The highest BCUT2D eigenvalue weighted by atomic mass is 16.4. The minimum Gasteiger partial charge on any atom is -0.481 e. The highest BCUT2D eigenvalue weighted by Gasteiger charge is 2.44. The molecule has 198 valence electrons. The number of nitrogens with one attached hydrogen (secondary N) is 3. The van der Waals surface area contributed by atoms with E-state index in [4.69, 9.17) is 16.6 Å². The maximum absolute atomic E-state index is 13.6. The van der Waals surface area contributed by atoms with E-state index in [0.29, 0.717) is 12.1 Å². The Balaban J connectivity index is 1.85. The van der Waals surface area contributed by atoms with Gasteiger partial charge in [0.25, 0.3) is 0 Å². The Morgan fingerprint density at radius 2 is 1.81 bits per heavy atom. The number of urea groups is 1. The van der Waals surface area contributed by atoms with E-state index in [9.17, 15) is 33.9 Å². The number of rotatable bonds is 10. The Labute approximate surface area is 210 Å². The largest absolute Gasteiger partial charge is 0.481 e. The summed E-state index contributed by atoms with van der Waals surface area (Å²) in [6, 6.07) is -0.271. The van der Waals surface area contributed by atoms with Crippen molar-refractivity contribution in [3.05, 3.63) is 29.3 Å². The molecule has 0 fully saturated rings. The summed E-state index contributed by atoms with van der Waals surface area (Å²) in [4.78, 5) is 73.5. The molecule has 2 aliphatic heterocycles. The number of carboxylic acids is 2. The molecule has 0 aliphatic carbocycles. The van der Waals surface area contributed by atoms with Gasteiger partial charge in [0.1, 0.15) is 12.1 Å². The van der Waals surface area contributed by atoms with Gasteiger partial charge in [-0.05, 0) is 24.0 Å². The number of carboxylic acid groups (broad SMARTS) is 2. The number of hydrazone groups is 1. The lowest BCUT2D eigenvalue weighted by atomic mass is 10.0. The number of aliphatic carboxylic acids is 2. The van der Waals surface area contributed by atoms with Crippen molar-refractivity contribution in [1.29, 1.82) is 0 Å². The summed E-state index contributed by atoms with van der Waals surface area (Å²) < 4.78 is 0. The number of para-hydroxylation sites is 1. The highest BCUT2D eigenvalue weighted by Crippen LogP contribution is 2.39. The van der Waals surface area contributed by atoms with Crippen molar-refractivity contribution in [1.82, 2.24) is 16.1 Å². The van der Waals surface area contributed by atoms with Gasteiger partial charge in [0, 0.05) is 12.6 Å². The first-order chi connectivity index (χ1) is 17.5. The van der Waals surface area contributed by atoms with Crippen molar-refractivity contribution < 1.29 is 39.0 Å². The highest BCUT2D eigenvalue weighted by molar-refractivity contribution is 6.08. The minimum absolute atomic E-state index is 0.135. The third-order valence-corrected chi connectivity index (χ3v) is 5.91. The van der Waals surface area contributed by atoms with Crippen molar-refractivity contribution >= 4 is 47.6 Å². The predicted octanol–water partition coefficient (Wildman–Crippen LogP) is -2.21. The monoisotopic (exact) mass is 517 g/mol. The lowest BCUT2D eigenvalue weighted by molar-refractivity contribution is -0.140. The average molecular weight is 517 g/mol. The second-order valence-corrected chi connectivity index (χ2v) is 8.62. The van der Waals surface area contributed by atoms with Gasteiger partial charge in [-0.15, -0.1) is 0 Å². The van der Waals surface area contributed by atoms with Gasteiger partial charge in [0.15, 0.2) is 0 Å². The van der Waals surface area contributed by atoms with E-state index in [1.807, 2.05) is 5.43 Å². The standard InChI is InChI=1S/C22H27N7O8/c23-13(8-17(32)33)19(34)27-14-5-4-10-2-1-3-11-6-15(29(18(10)11)21(14)36)20(35)26-12(7-16(30)31)9-25-28-22(24)37/h1-3,9,12-15H,4-8,23H2,(H,26,35)(H,27,34)(H,30,31)(H,32,33)(H3,24,28,37)/b25-9+/t12-,13-,14-,15-/m0/s1. The molecule has 15 heteroatoms. The maximum atomic E-state index is 13.6. The van der Waals surface area contributed by atoms with Gasteiger partial charge in [-0.1, -0.05) is 18.2 Å². The summed E-state index contributed by atoms with van der Waals surface area (Å²) in [7, 11) is 0. The molecule has 0 radical (unpaired) electrons. The smallest absolute Gasteiger partial charge is 0.332 e. The number of hydrogen-bond donors (Lipinski definition) is 7. The van der Waals surface area contributed by atoms with Gasteiger partial charge >= 0.3 is 18.0 Å². The van der Waals surface area contributed by atoms with E-state index < -0.39 is 72.7 Å². The molecule has 9 N–H and O–H groups in total. The zero-order valence-corrected chi connectivity index (χ0v) is 19.5. The van der Waals surface area contributed by atoms with Gasteiger partial charge in [-0.25, -0.2) is 10.2 Å². The Bertz CT molecular complexity index is 1150. The molecule has 2 heterocycles. The van der Waals surface area contributed by atoms with Crippen LogP contribution in [0.2, 0.25) is 0 Å². The molecule has 4 atom stereocenters. The van der Waals surface area contributed by atoms with Crippen LogP contribution in [0.4, 0.5) is 10.5 Å². The van der Waals surface area contributed by atoms with Crippen molar-refractivity contribution in [3.63, 3.8) is 0 Å². The Kier molecular flexibility index (Phi) is 8.39. The summed E-state index contributed by atoms with van der Waals surface area (Å²) in [5.41, 5.74) is 14.5. The fourth-order valence-corrected chi connectivity index (χ4v) is 4.33. The Morgan fingerprint density at radius 1 is 1.14 bits per heavy atom. The lowest BCUT2D eigenvalue weighted by Gasteiger charge is -2.29. The third-order valence-electron chi connectivity index (χ3n) is 5.91. The topological polar surface area (TPSA) is 247 Å². The molecule has 15 nitrogen and oxygen atoms in total. The van der Waals surface area contributed by atoms with Crippen molar-refractivity contribution in [2.24, 2.45) is 16.6 Å². The summed E-state index contributed by atoms with van der Waals surface area (Å²) >= 11 is 0. The van der Waals surface area contributed by atoms with Crippen LogP contribution in [0.3, 0.4) is 0 Å². The van der Waals surface area contributed by atoms with Crippen LogP contribution in [0.15, 0.2) is 23.3 Å². The van der Waals surface area contributed by atoms with Crippen LogP contribution >= 0.6 is 0 Å². The number of nitrogens with zero attached hydrogens (tertiary/aromatic N) is 2. The van der Waals surface area contributed by atoms with Gasteiger partial charge in [-0.3, -0.25) is 28.9 Å². The number of hydrogen-bond acceptors (Lipinski definition) is 8. The zero-order chi connectivity index (χ0) is 27.3. The third kappa shape index (κ3) is 6.58. The molecule has 0 unspecified atom stereocenters. The zero-order valence-electron chi connectivity index (χ0n) is 19.5. The van der Waals surface area contributed by atoms with Gasteiger partial charge < -0.3 is 32.3 Å². The SMILES string of the molecule is NC(=O)N/N=C/[C@H](CC(=O)O)NC(=O)[C@@H]1Cc2cccc3c2N1C(=O)[C@@H](NC(=O)[C@@H](N)CC(=O)O)CC3. The molecule has 1 aromatic rings. The van der Waals surface area contributed by atoms with Crippen LogP contribution in [0.25, 0.3) is 0 Å². The summed E-state index contributed by atoms with van der Waals surface area (Å²) in [5.74, 6) is -4.60. The van der Waals surface area contributed by atoms with Crippen LogP contribution in [0.5, 0.6) is 0 Å². The van der Waals surface area contributed by atoms with Crippen LogP contribution in [0, 0.1) is 0 Å². The van der Waals surface area contributed by atoms with Crippen molar-refractivity contribution in [2.45, 2.75) is 56.3 Å². The number of aryl methyl sites for hydroxylation is 1. The summed E-state index contributed by atoms with van der Waals surface area (Å²) in [6.07, 6.45) is 0.542. The van der Waals surface area contributed by atoms with Crippen molar-refractivity contribution in [2.75, 3.05) is 4.90 Å². The minimum atomic E-state index is -1.37. The molecule has 0 spiro atoms.